The average molecular weight is 458 g/mol. The van der Waals surface area contributed by atoms with Crippen LogP contribution in [0.3, 0.4) is 0 Å². The smallest absolute Gasteiger partial charge is 0.325 e. The van der Waals surface area contributed by atoms with Crippen LogP contribution >= 0.6 is 0 Å². The molecule has 0 unspecified atom stereocenters. The Balaban J connectivity index is 1.58. The van der Waals surface area contributed by atoms with Gasteiger partial charge < -0.3 is 16.0 Å². The van der Waals surface area contributed by atoms with Gasteiger partial charge in [-0.25, -0.2) is 9.78 Å². The number of nitrogens with two attached hydrogens (primary N) is 1. The van der Waals surface area contributed by atoms with Crippen molar-refractivity contribution in [2.45, 2.75) is 25.4 Å². The van der Waals surface area contributed by atoms with E-state index in [2.05, 4.69) is 10.3 Å². The molecule has 3 aromatic rings. The van der Waals surface area contributed by atoms with E-state index in [1.54, 1.807) is 37.5 Å². The maximum atomic E-state index is 13.5. The summed E-state index contributed by atoms with van der Waals surface area (Å²) in [6.07, 6.45) is 1.84. The van der Waals surface area contributed by atoms with E-state index in [9.17, 15) is 14.4 Å². The molecule has 1 aliphatic rings. The van der Waals surface area contributed by atoms with Crippen molar-refractivity contribution in [3.8, 4) is 0 Å². The topological polar surface area (TPSA) is 109 Å². The number of pyridine rings is 1. The second-order valence-corrected chi connectivity index (χ2v) is 8.37. The lowest BCUT2D eigenvalue weighted by Crippen LogP contribution is -2.70. The van der Waals surface area contributed by atoms with Gasteiger partial charge in [-0.2, -0.15) is 0 Å². The quantitative estimate of drug-likeness (QED) is 0.553. The lowest BCUT2D eigenvalue weighted by molar-refractivity contribution is -0.156. The van der Waals surface area contributed by atoms with Gasteiger partial charge in [-0.15, -0.1) is 0 Å². The highest BCUT2D eigenvalue weighted by Gasteiger charge is 2.55. The first kappa shape index (κ1) is 23.0. The summed E-state index contributed by atoms with van der Waals surface area (Å²) < 4.78 is 0. The highest BCUT2D eigenvalue weighted by atomic mass is 16.2. The molecule has 1 aliphatic heterocycles. The first-order valence-corrected chi connectivity index (χ1v) is 11.1. The number of imide groups is 1. The molecule has 0 bridgehead atoms. The van der Waals surface area contributed by atoms with E-state index in [1.165, 1.54) is 4.90 Å². The van der Waals surface area contributed by atoms with E-state index in [-0.39, 0.29) is 18.4 Å². The number of urea groups is 1. The number of likely N-dealkylation sites (N-methyl/N-ethyl adjacent to an activating group) is 1. The molecule has 34 heavy (non-hydrogen) atoms. The van der Waals surface area contributed by atoms with Gasteiger partial charge in [-0.1, -0.05) is 48.5 Å². The molecule has 2 aromatic carbocycles. The Hall–Kier alpha value is -4.20. The number of para-hydroxylation sites is 1. The number of carbonyl (C=O) groups is 3. The number of rotatable bonds is 6. The van der Waals surface area contributed by atoms with Crippen LogP contribution in [0, 0.1) is 5.92 Å². The van der Waals surface area contributed by atoms with Gasteiger partial charge in [0.15, 0.2) is 0 Å². The zero-order valence-electron chi connectivity index (χ0n) is 19.1. The van der Waals surface area contributed by atoms with E-state index >= 15 is 0 Å². The third kappa shape index (κ3) is 4.61. The summed E-state index contributed by atoms with van der Waals surface area (Å²) in [5.74, 6) is -1.08. The summed E-state index contributed by atoms with van der Waals surface area (Å²) in [7, 11) is 1.64. The van der Waals surface area contributed by atoms with E-state index in [0.29, 0.717) is 11.5 Å². The molecule has 0 saturated carbocycles. The van der Waals surface area contributed by atoms with Crippen LogP contribution in [0.4, 0.5) is 16.3 Å². The molecule has 1 aromatic heterocycles. The van der Waals surface area contributed by atoms with Crippen LogP contribution in [0.1, 0.15) is 24.1 Å². The predicted molar refractivity (Wildman–Crippen MR) is 130 cm³/mol. The second kappa shape index (κ2) is 9.74. The zero-order valence-corrected chi connectivity index (χ0v) is 19.1. The first-order valence-electron chi connectivity index (χ1n) is 11.1. The number of nitrogens with zero attached hydrogens (tertiary/aromatic N) is 3. The molecular formula is C26H27N5O3. The minimum absolute atomic E-state index is 0.280. The molecule has 1 fully saturated rings. The van der Waals surface area contributed by atoms with Crippen LogP contribution in [0.25, 0.3) is 0 Å². The second-order valence-electron chi connectivity index (χ2n) is 8.37. The van der Waals surface area contributed by atoms with Crippen molar-refractivity contribution in [3.05, 3.63) is 90.1 Å². The fourth-order valence-corrected chi connectivity index (χ4v) is 4.19. The van der Waals surface area contributed by atoms with Crippen LogP contribution in [0.2, 0.25) is 0 Å². The summed E-state index contributed by atoms with van der Waals surface area (Å²) in [5.41, 5.74) is 8.15. The third-order valence-corrected chi connectivity index (χ3v) is 6.10. The molecule has 0 spiro atoms. The van der Waals surface area contributed by atoms with Gasteiger partial charge >= 0.3 is 6.03 Å². The van der Waals surface area contributed by atoms with Gasteiger partial charge in [0.2, 0.25) is 5.91 Å². The summed E-state index contributed by atoms with van der Waals surface area (Å²) in [6, 6.07) is 20.1. The fourth-order valence-electron chi connectivity index (χ4n) is 4.19. The van der Waals surface area contributed by atoms with E-state index in [4.69, 9.17) is 5.73 Å². The van der Waals surface area contributed by atoms with E-state index in [1.807, 2.05) is 55.5 Å². The predicted octanol–water partition coefficient (Wildman–Crippen LogP) is 3.17. The number of amides is 4. The number of β-lactam (4-membered cyclic amide) rings is 1. The molecule has 0 aliphatic carbocycles. The minimum atomic E-state index is -0.935. The van der Waals surface area contributed by atoms with E-state index in [0.717, 1.165) is 16.0 Å². The standard InChI is InChI=1S/C26H27N5O3/c1-17(19-9-5-3-6-10-19)29-26(34)31-23(25(33)30(2)20-11-7-4-8-12-20)21(24(31)32)15-18-13-14-28-22(27)16-18/h3-14,16-17,21,23H,15H2,1-2H3,(H2,27,28)(H,29,34)/t17-,21-,23+/m1/s1. The Morgan fingerprint density at radius 3 is 2.38 bits per heavy atom. The van der Waals surface area contributed by atoms with Crippen LogP contribution in [0.15, 0.2) is 79.0 Å². The normalized spacial score (nSPS) is 18.1. The molecule has 174 valence electrons. The summed E-state index contributed by atoms with van der Waals surface area (Å²) in [6.45, 7) is 1.83. The number of hydrogen-bond donors (Lipinski definition) is 2. The molecule has 8 nitrogen and oxygen atoms in total. The SMILES string of the molecule is C[C@@H](NC(=O)N1C(=O)[C@H](Cc2ccnc(N)c2)[C@H]1C(=O)N(C)c1ccccc1)c1ccccc1. The maximum Gasteiger partial charge on any atom is 0.325 e. The number of aromatic nitrogens is 1. The summed E-state index contributed by atoms with van der Waals surface area (Å²) >= 11 is 0. The van der Waals surface area contributed by atoms with Gasteiger partial charge in [0.05, 0.1) is 12.0 Å². The Kier molecular flexibility index (Phi) is 6.58. The third-order valence-electron chi connectivity index (χ3n) is 6.10. The van der Waals surface area contributed by atoms with Crippen molar-refractivity contribution in [3.63, 3.8) is 0 Å². The van der Waals surface area contributed by atoms with Crippen molar-refractivity contribution in [2.75, 3.05) is 17.7 Å². The number of nitrogen functional groups attached to an aromatic ring is 1. The van der Waals surface area contributed by atoms with E-state index < -0.39 is 23.9 Å². The molecule has 0 radical (unpaired) electrons. The zero-order chi connectivity index (χ0) is 24.2. The molecule has 3 atom stereocenters. The van der Waals surface area contributed by atoms with Crippen molar-refractivity contribution in [1.29, 1.82) is 0 Å². The number of likely N-dealkylation sites (tertiary alicyclic amines) is 1. The summed E-state index contributed by atoms with van der Waals surface area (Å²) in [4.78, 5) is 46.3. The lowest BCUT2D eigenvalue weighted by Gasteiger charge is -2.46. The van der Waals surface area contributed by atoms with Crippen LogP contribution in [-0.4, -0.2) is 40.8 Å². The molecule has 4 rings (SSSR count). The Morgan fingerprint density at radius 2 is 1.74 bits per heavy atom. The maximum absolute atomic E-state index is 13.5. The largest absolute Gasteiger partial charge is 0.384 e. The number of carbonyl (C=O) groups excluding carboxylic acids is 3. The van der Waals surface area contributed by atoms with Gasteiger partial charge in [-0.05, 0) is 48.7 Å². The fraction of sp³-hybridized carbons (Fsp3) is 0.231. The monoisotopic (exact) mass is 457 g/mol. The number of anilines is 2. The highest BCUT2D eigenvalue weighted by molar-refractivity contribution is 6.12. The average Bonchev–Trinajstić information content (AvgIpc) is 2.85. The Labute approximate surface area is 198 Å². The van der Waals surface area contributed by atoms with Crippen LogP contribution in [0.5, 0.6) is 0 Å². The van der Waals surface area contributed by atoms with Crippen LogP contribution < -0.4 is 16.0 Å². The number of hydrogen-bond acceptors (Lipinski definition) is 5. The van der Waals surface area contributed by atoms with Gasteiger partial charge in [0.25, 0.3) is 5.91 Å². The van der Waals surface area contributed by atoms with Crippen molar-refractivity contribution >= 4 is 29.4 Å². The lowest BCUT2D eigenvalue weighted by atomic mass is 9.81. The summed E-state index contributed by atoms with van der Waals surface area (Å²) in [5, 5.41) is 2.85. The van der Waals surface area contributed by atoms with Gasteiger partial charge in [0.1, 0.15) is 11.9 Å². The van der Waals surface area contributed by atoms with Crippen molar-refractivity contribution in [2.24, 2.45) is 5.92 Å². The number of benzene rings is 2. The highest BCUT2D eigenvalue weighted by Crippen LogP contribution is 2.33. The van der Waals surface area contributed by atoms with Gasteiger partial charge in [0, 0.05) is 18.9 Å². The molecule has 4 amide bonds. The number of nitrogens with one attached hydrogen (secondary N) is 1. The minimum Gasteiger partial charge on any atom is -0.384 e. The molecule has 1 saturated heterocycles. The van der Waals surface area contributed by atoms with Crippen molar-refractivity contribution < 1.29 is 14.4 Å². The molecule has 2 heterocycles. The first-order chi connectivity index (χ1) is 16.4. The molecule has 3 N–H and O–H groups in total. The molecule has 8 heteroatoms. The molecular weight excluding hydrogens is 430 g/mol. The Bertz CT molecular complexity index is 1190. The Morgan fingerprint density at radius 1 is 1.09 bits per heavy atom. The van der Waals surface area contributed by atoms with Crippen LogP contribution in [-0.2, 0) is 16.0 Å². The van der Waals surface area contributed by atoms with Crippen molar-refractivity contribution in [1.82, 2.24) is 15.2 Å². The van der Waals surface area contributed by atoms with Gasteiger partial charge in [-0.3, -0.25) is 14.5 Å².